The Balaban J connectivity index is 0.00000280. The molecule has 1 aliphatic heterocycles. The van der Waals surface area contributed by atoms with Crippen molar-refractivity contribution < 1.29 is 4.74 Å². The summed E-state index contributed by atoms with van der Waals surface area (Å²) in [7, 11) is 3.93. The van der Waals surface area contributed by atoms with Crippen LogP contribution in [0.4, 0.5) is 0 Å². The molecule has 1 saturated heterocycles. The molecule has 0 radical (unpaired) electrons. The van der Waals surface area contributed by atoms with Gasteiger partial charge in [0.1, 0.15) is 0 Å². The number of hydrogen-bond donors (Lipinski definition) is 1. The molecule has 0 saturated carbocycles. The first-order valence-corrected chi connectivity index (χ1v) is 9.87. The number of rotatable bonds is 6. The summed E-state index contributed by atoms with van der Waals surface area (Å²) in [5.41, 5.74) is 3.93. The van der Waals surface area contributed by atoms with Gasteiger partial charge in [-0.1, -0.05) is 61.5 Å². The minimum atomic E-state index is 0. The summed E-state index contributed by atoms with van der Waals surface area (Å²) >= 11 is 0. The van der Waals surface area contributed by atoms with Crippen LogP contribution < -0.4 is 5.32 Å². The zero-order valence-corrected chi connectivity index (χ0v) is 19.4. The summed E-state index contributed by atoms with van der Waals surface area (Å²) in [5.74, 6) is 1.38. The van der Waals surface area contributed by atoms with Crippen molar-refractivity contribution in [3.05, 3.63) is 71.3 Å². The Hall–Kier alpha value is -1.60. The molecule has 0 spiro atoms. The average Bonchev–Trinajstić information content (AvgIpc) is 3.18. The molecule has 2 unspecified atom stereocenters. The quantitative estimate of drug-likeness (QED) is 0.362. The highest BCUT2D eigenvalue weighted by molar-refractivity contribution is 14.0. The van der Waals surface area contributed by atoms with Gasteiger partial charge in [0.15, 0.2) is 5.96 Å². The van der Waals surface area contributed by atoms with E-state index < -0.39 is 0 Å². The van der Waals surface area contributed by atoms with Gasteiger partial charge in [-0.3, -0.25) is 4.99 Å². The zero-order chi connectivity index (χ0) is 19.1. The molecule has 0 aliphatic carbocycles. The predicted molar refractivity (Wildman–Crippen MR) is 127 cm³/mol. The lowest BCUT2D eigenvalue weighted by Crippen LogP contribution is -2.41. The summed E-state index contributed by atoms with van der Waals surface area (Å²) in [6.45, 7) is 4.71. The number of aryl methyl sites for hydroxylation is 1. The topological polar surface area (TPSA) is 36.9 Å². The van der Waals surface area contributed by atoms with Gasteiger partial charge in [-0.25, -0.2) is 0 Å². The molecule has 1 aliphatic rings. The SMILES string of the molecule is CCc1ccc(CN(C)C(=NC)NCC2CCOC2c2ccccc2)cc1.I. The van der Waals surface area contributed by atoms with Crippen molar-refractivity contribution in [3.63, 3.8) is 0 Å². The number of aliphatic imine (C=N–C) groups is 1. The van der Waals surface area contributed by atoms with E-state index >= 15 is 0 Å². The summed E-state index contributed by atoms with van der Waals surface area (Å²) in [5, 5.41) is 3.55. The molecule has 1 heterocycles. The molecule has 1 N–H and O–H groups in total. The van der Waals surface area contributed by atoms with Gasteiger partial charge in [0.2, 0.25) is 0 Å². The lowest BCUT2D eigenvalue weighted by molar-refractivity contribution is 0.0914. The van der Waals surface area contributed by atoms with Crippen LogP contribution in [0.1, 0.15) is 36.1 Å². The first-order valence-electron chi connectivity index (χ1n) is 9.87. The smallest absolute Gasteiger partial charge is 0.193 e. The van der Waals surface area contributed by atoms with E-state index in [-0.39, 0.29) is 30.1 Å². The molecule has 3 rings (SSSR count). The third kappa shape index (κ3) is 5.95. The van der Waals surface area contributed by atoms with Gasteiger partial charge in [-0.05, 0) is 29.5 Å². The van der Waals surface area contributed by atoms with E-state index in [0.717, 1.165) is 38.5 Å². The van der Waals surface area contributed by atoms with Gasteiger partial charge in [0.25, 0.3) is 0 Å². The van der Waals surface area contributed by atoms with Gasteiger partial charge in [-0.15, -0.1) is 24.0 Å². The normalized spacial score (nSPS) is 19.2. The van der Waals surface area contributed by atoms with E-state index in [9.17, 15) is 0 Å². The fourth-order valence-corrected chi connectivity index (χ4v) is 3.69. The van der Waals surface area contributed by atoms with Gasteiger partial charge in [0.05, 0.1) is 6.10 Å². The molecule has 0 aromatic heterocycles. The summed E-state index contributed by atoms with van der Waals surface area (Å²) < 4.78 is 6.00. The van der Waals surface area contributed by atoms with E-state index in [0.29, 0.717) is 5.92 Å². The van der Waals surface area contributed by atoms with Crippen LogP contribution >= 0.6 is 24.0 Å². The first kappa shape index (κ1) is 22.7. The van der Waals surface area contributed by atoms with E-state index in [1.807, 2.05) is 7.05 Å². The van der Waals surface area contributed by atoms with Crippen LogP contribution in [0.2, 0.25) is 0 Å². The van der Waals surface area contributed by atoms with Crippen LogP contribution in [0.25, 0.3) is 0 Å². The third-order valence-corrected chi connectivity index (χ3v) is 5.29. The van der Waals surface area contributed by atoms with E-state index in [1.165, 1.54) is 16.7 Å². The molecule has 2 aromatic rings. The lowest BCUT2D eigenvalue weighted by atomic mass is 9.95. The number of nitrogens with zero attached hydrogens (tertiary/aromatic N) is 2. The Bertz CT molecular complexity index is 733. The van der Waals surface area contributed by atoms with Crippen molar-refractivity contribution in [3.8, 4) is 0 Å². The summed E-state index contributed by atoms with van der Waals surface area (Å²) in [4.78, 5) is 6.64. The maximum Gasteiger partial charge on any atom is 0.193 e. The molecular weight excluding hydrogens is 461 g/mol. The van der Waals surface area contributed by atoms with Crippen LogP contribution in [-0.4, -0.2) is 38.1 Å². The van der Waals surface area contributed by atoms with Crippen LogP contribution in [0.15, 0.2) is 59.6 Å². The highest BCUT2D eigenvalue weighted by atomic mass is 127. The molecule has 4 nitrogen and oxygen atoms in total. The van der Waals surface area contributed by atoms with Crippen molar-refractivity contribution >= 4 is 29.9 Å². The monoisotopic (exact) mass is 493 g/mol. The largest absolute Gasteiger partial charge is 0.373 e. The number of nitrogens with one attached hydrogen (secondary N) is 1. The number of hydrogen-bond acceptors (Lipinski definition) is 2. The highest BCUT2D eigenvalue weighted by Gasteiger charge is 2.29. The predicted octanol–water partition coefficient (Wildman–Crippen LogP) is 4.65. The number of ether oxygens (including phenoxy) is 1. The minimum absolute atomic E-state index is 0. The zero-order valence-electron chi connectivity index (χ0n) is 17.1. The van der Waals surface area contributed by atoms with Crippen LogP contribution in [0.5, 0.6) is 0 Å². The molecule has 0 amide bonds. The molecular formula is C23H32IN3O. The maximum absolute atomic E-state index is 6.00. The van der Waals surface area contributed by atoms with Crippen LogP contribution in [0.3, 0.4) is 0 Å². The van der Waals surface area contributed by atoms with Crippen LogP contribution in [-0.2, 0) is 17.7 Å². The number of benzene rings is 2. The fourth-order valence-electron chi connectivity index (χ4n) is 3.69. The van der Waals surface area contributed by atoms with E-state index in [4.69, 9.17) is 4.74 Å². The van der Waals surface area contributed by atoms with E-state index in [1.54, 1.807) is 0 Å². The highest BCUT2D eigenvalue weighted by Crippen LogP contribution is 2.33. The standard InChI is InChI=1S/C23H31N3O.HI/c1-4-18-10-12-19(13-11-18)17-26(3)23(24-2)25-16-21-14-15-27-22(21)20-8-6-5-7-9-20;/h5-13,21-22H,4,14-17H2,1-3H3,(H,24,25);1H. The Morgan fingerprint density at radius 1 is 1.11 bits per heavy atom. The van der Waals surface area contributed by atoms with Crippen molar-refractivity contribution in [2.45, 2.75) is 32.4 Å². The van der Waals surface area contributed by atoms with Crippen molar-refractivity contribution in [2.24, 2.45) is 10.9 Å². The lowest BCUT2D eigenvalue weighted by Gasteiger charge is -2.25. The molecule has 152 valence electrons. The van der Waals surface area contributed by atoms with Crippen molar-refractivity contribution in [1.29, 1.82) is 0 Å². The molecule has 0 bridgehead atoms. The molecule has 2 aromatic carbocycles. The van der Waals surface area contributed by atoms with Crippen molar-refractivity contribution in [1.82, 2.24) is 10.2 Å². The van der Waals surface area contributed by atoms with Gasteiger partial charge in [0, 0.05) is 39.7 Å². The number of guanidine groups is 1. The Morgan fingerprint density at radius 2 is 1.79 bits per heavy atom. The van der Waals surface area contributed by atoms with E-state index in [2.05, 4.69) is 83.8 Å². The van der Waals surface area contributed by atoms with Crippen LogP contribution in [0, 0.1) is 5.92 Å². The average molecular weight is 493 g/mol. The third-order valence-electron chi connectivity index (χ3n) is 5.29. The second-order valence-electron chi connectivity index (χ2n) is 7.21. The second kappa shape index (κ2) is 11.4. The Labute approximate surface area is 186 Å². The first-order chi connectivity index (χ1) is 13.2. The molecule has 5 heteroatoms. The minimum Gasteiger partial charge on any atom is -0.373 e. The molecule has 28 heavy (non-hydrogen) atoms. The van der Waals surface area contributed by atoms with Gasteiger partial charge in [-0.2, -0.15) is 0 Å². The van der Waals surface area contributed by atoms with Gasteiger partial charge < -0.3 is 15.0 Å². The molecule has 2 atom stereocenters. The number of halogens is 1. The maximum atomic E-state index is 6.00. The Kier molecular flexibility index (Phi) is 9.25. The molecule has 1 fully saturated rings. The second-order valence-corrected chi connectivity index (χ2v) is 7.21. The summed E-state index contributed by atoms with van der Waals surface area (Å²) in [6.07, 6.45) is 2.32. The summed E-state index contributed by atoms with van der Waals surface area (Å²) in [6, 6.07) is 19.4. The fraction of sp³-hybridized carbons (Fsp3) is 0.435. The van der Waals surface area contributed by atoms with Gasteiger partial charge >= 0.3 is 0 Å². The Morgan fingerprint density at radius 3 is 2.43 bits per heavy atom. The van der Waals surface area contributed by atoms with Crippen molar-refractivity contribution in [2.75, 3.05) is 27.2 Å².